The van der Waals surface area contributed by atoms with Crippen LogP contribution in [0.1, 0.15) is 13.3 Å². The van der Waals surface area contributed by atoms with Crippen molar-refractivity contribution in [1.29, 1.82) is 5.26 Å². The second-order valence-electron chi connectivity index (χ2n) is 1.29. The highest BCUT2D eigenvalue weighted by Crippen LogP contribution is 1.75. The van der Waals surface area contributed by atoms with E-state index >= 15 is 0 Å². The van der Waals surface area contributed by atoms with Gasteiger partial charge in [0.1, 0.15) is 0 Å². The van der Waals surface area contributed by atoms with Crippen molar-refractivity contribution in [2.45, 2.75) is 13.3 Å². The van der Waals surface area contributed by atoms with Gasteiger partial charge in [-0.25, -0.2) is 10.9 Å². The summed E-state index contributed by atoms with van der Waals surface area (Å²) in [4.78, 5) is 0. The van der Waals surface area contributed by atoms with Crippen molar-refractivity contribution in [2.24, 2.45) is 5.84 Å². The minimum atomic E-state index is 0.649. The molecule has 40 valence electrons. The lowest BCUT2D eigenvalue weighted by molar-refractivity contribution is 0.410. The van der Waals surface area contributed by atoms with Crippen molar-refractivity contribution in [3.63, 3.8) is 0 Å². The summed E-state index contributed by atoms with van der Waals surface area (Å²) in [6.07, 6.45) is 2.70. The number of rotatable bonds is 2. The van der Waals surface area contributed by atoms with Crippen molar-refractivity contribution in [1.82, 2.24) is 5.01 Å². The van der Waals surface area contributed by atoms with E-state index in [1.807, 2.05) is 6.92 Å². The van der Waals surface area contributed by atoms with E-state index in [0.29, 0.717) is 6.54 Å². The predicted octanol–water partition coefficient (Wildman–Crippen LogP) is 0.0532. The van der Waals surface area contributed by atoms with Gasteiger partial charge in [-0.2, -0.15) is 5.26 Å². The van der Waals surface area contributed by atoms with Gasteiger partial charge in [0.05, 0.1) is 0 Å². The molecule has 0 aliphatic heterocycles. The Bertz CT molecular complexity index is 73.5. The van der Waals surface area contributed by atoms with E-state index in [1.165, 1.54) is 0 Å². The zero-order chi connectivity index (χ0) is 5.70. The molecule has 3 nitrogen and oxygen atoms in total. The molecule has 0 heterocycles. The molecule has 0 aromatic rings. The van der Waals surface area contributed by atoms with E-state index < -0.39 is 0 Å². The molecule has 0 radical (unpaired) electrons. The van der Waals surface area contributed by atoms with Crippen LogP contribution in [0.5, 0.6) is 0 Å². The van der Waals surface area contributed by atoms with Gasteiger partial charge in [0, 0.05) is 6.54 Å². The van der Waals surface area contributed by atoms with Gasteiger partial charge in [-0.3, -0.25) is 0 Å². The minimum absolute atomic E-state index is 0.649. The highest BCUT2D eigenvalue weighted by molar-refractivity contribution is 4.63. The van der Waals surface area contributed by atoms with Gasteiger partial charge in [0.25, 0.3) is 0 Å². The molecule has 0 rings (SSSR count). The number of hydrogen-bond donors (Lipinski definition) is 1. The minimum Gasteiger partial charge on any atom is -0.248 e. The summed E-state index contributed by atoms with van der Waals surface area (Å²) < 4.78 is 0. The highest BCUT2D eigenvalue weighted by Gasteiger charge is 1.85. The molecule has 7 heavy (non-hydrogen) atoms. The zero-order valence-corrected chi connectivity index (χ0v) is 4.39. The van der Waals surface area contributed by atoms with Crippen LogP contribution in [0, 0.1) is 11.5 Å². The first-order valence-electron chi connectivity index (χ1n) is 2.23. The van der Waals surface area contributed by atoms with Crippen molar-refractivity contribution < 1.29 is 0 Å². The molecule has 0 unspecified atom stereocenters. The van der Waals surface area contributed by atoms with E-state index in [-0.39, 0.29) is 0 Å². The van der Waals surface area contributed by atoms with Crippen LogP contribution >= 0.6 is 0 Å². The van der Waals surface area contributed by atoms with E-state index in [4.69, 9.17) is 11.1 Å². The van der Waals surface area contributed by atoms with E-state index in [0.717, 1.165) is 11.4 Å². The van der Waals surface area contributed by atoms with Crippen LogP contribution in [0.15, 0.2) is 0 Å². The van der Waals surface area contributed by atoms with Gasteiger partial charge < -0.3 is 0 Å². The van der Waals surface area contributed by atoms with Crippen LogP contribution in [-0.4, -0.2) is 11.6 Å². The van der Waals surface area contributed by atoms with Crippen molar-refractivity contribution in [3.8, 4) is 6.19 Å². The van der Waals surface area contributed by atoms with Crippen LogP contribution in [0.3, 0.4) is 0 Å². The Morgan fingerprint density at radius 3 is 2.57 bits per heavy atom. The fourth-order valence-corrected chi connectivity index (χ4v) is 0.291. The number of hydrogen-bond acceptors (Lipinski definition) is 3. The van der Waals surface area contributed by atoms with Gasteiger partial charge in [-0.05, 0) is 6.42 Å². The average Bonchev–Trinajstić information content (AvgIpc) is 1.68. The third kappa shape index (κ3) is 3.07. The molecule has 0 aromatic carbocycles. The summed E-state index contributed by atoms with van der Waals surface area (Å²) in [6.45, 7) is 2.62. The standard InChI is InChI=1S/C4H9N3/c1-2-3-7(6)4-5/h2-3,6H2,1H3. The third-order valence-corrected chi connectivity index (χ3v) is 0.593. The molecule has 0 aliphatic carbocycles. The lowest BCUT2D eigenvalue weighted by Gasteiger charge is -2.02. The molecule has 2 N–H and O–H groups in total. The Labute approximate surface area is 43.3 Å². The molecule has 0 amide bonds. The Morgan fingerprint density at radius 1 is 1.86 bits per heavy atom. The summed E-state index contributed by atoms with van der Waals surface area (Å²) in [5.74, 6) is 5.06. The van der Waals surface area contributed by atoms with E-state index in [1.54, 1.807) is 6.19 Å². The summed E-state index contributed by atoms with van der Waals surface area (Å²) in [6, 6.07) is 0. The largest absolute Gasteiger partial charge is 0.248 e. The van der Waals surface area contributed by atoms with Crippen LogP contribution in [0.25, 0.3) is 0 Å². The molecule has 0 saturated heterocycles. The number of nitriles is 1. The maximum absolute atomic E-state index is 8.02. The molecular weight excluding hydrogens is 90.1 g/mol. The van der Waals surface area contributed by atoms with Crippen molar-refractivity contribution >= 4 is 0 Å². The molecule has 0 saturated carbocycles. The number of nitrogens with two attached hydrogens (primary N) is 1. The second-order valence-corrected chi connectivity index (χ2v) is 1.29. The molecule has 0 atom stereocenters. The summed E-state index contributed by atoms with van der Waals surface area (Å²) in [5, 5.41) is 9.13. The SMILES string of the molecule is CCCN(N)C#N. The first kappa shape index (κ1) is 6.25. The third-order valence-electron chi connectivity index (χ3n) is 0.593. The lowest BCUT2D eigenvalue weighted by atomic mass is 10.5. The normalized spacial score (nSPS) is 7.57. The van der Waals surface area contributed by atoms with Crippen LogP contribution < -0.4 is 5.84 Å². The highest BCUT2D eigenvalue weighted by atomic mass is 15.4. The van der Waals surface area contributed by atoms with Crippen LogP contribution in [0.2, 0.25) is 0 Å². The first-order valence-corrected chi connectivity index (χ1v) is 2.23. The topological polar surface area (TPSA) is 53.0 Å². The summed E-state index contributed by atoms with van der Waals surface area (Å²) in [5.41, 5.74) is 0. The van der Waals surface area contributed by atoms with Crippen molar-refractivity contribution in [2.75, 3.05) is 6.54 Å². The Kier molecular flexibility index (Phi) is 3.07. The quantitative estimate of drug-likeness (QED) is 0.230. The van der Waals surface area contributed by atoms with Gasteiger partial charge in [0.2, 0.25) is 0 Å². The Hall–Kier alpha value is -0.750. The summed E-state index contributed by atoms with van der Waals surface area (Å²) in [7, 11) is 0. The Morgan fingerprint density at radius 2 is 2.43 bits per heavy atom. The van der Waals surface area contributed by atoms with Crippen molar-refractivity contribution in [3.05, 3.63) is 0 Å². The number of nitrogens with zero attached hydrogens (tertiary/aromatic N) is 2. The molecule has 3 heteroatoms. The monoisotopic (exact) mass is 99.1 g/mol. The fraction of sp³-hybridized carbons (Fsp3) is 0.750. The van der Waals surface area contributed by atoms with Crippen LogP contribution in [-0.2, 0) is 0 Å². The van der Waals surface area contributed by atoms with Crippen LogP contribution in [0.4, 0.5) is 0 Å². The molecular formula is C4H9N3. The predicted molar refractivity (Wildman–Crippen MR) is 26.8 cm³/mol. The lowest BCUT2D eigenvalue weighted by Crippen LogP contribution is -2.25. The molecule has 0 bridgehead atoms. The van der Waals surface area contributed by atoms with Gasteiger partial charge in [-0.15, -0.1) is 0 Å². The first-order chi connectivity index (χ1) is 3.31. The summed E-state index contributed by atoms with van der Waals surface area (Å²) >= 11 is 0. The van der Waals surface area contributed by atoms with Gasteiger partial charge in [0.15, 0.2) is 6.19 Å². The van der Waals surface area contributed by atoms with E-state index in [9.17, 15) is 0 Å². The average molecular weight is 99.1 g/mol. The zero-order valence-electron chi connectivity index (χ0n) is 4.39. The van der Waals surface area contributed by atoms with Gasteiger partial charge in [-0.1, -0.05) is 6.92 Å². The smallest absolute Gasteiger partial charge is 0.194 e. The maximum Gasteiger partial charge on any atom is 0.194 e. The molecule has 0 spiro atoms. The van der Waals surface area contributed by atoms with Gasteiger partial charge >= 0.3 is 0 Å². The molecule has 0 aliphatic rings. The maximum atomic E-state index is 8.02. The second kappa shape index (κ2) is 3.44. The molecule has 0 aromatic heterocycles. The Balaban J connectivity index is 3.04. The molecule has 0 fully saturated rings. The van der Waals surface area contributed by atoms with E-state index in [2.05, 4.69) is 0 Å². The fourth-order valence-electron chi connectivity index (χ4n) is 0.291. The number of hydrazine groups is 1.